The normalized spacial score (nSPS) is 10.6. The molecule has 7 nitrogen and oxygen atoms in total. The summed E-state index contributed by atoms with van der Waals surface area (Å²) in [6.07, 6.45) is 1.58. The fraction of sp³-hybridized carbons (Fsp3) is 0.111. The van der Waals surface area contributed by atoms with Crippen molar-refractivity contribution in [3.8, 4) is 0 Å². The van der Waals surface area contributed by atoms with Gasteiger partial charge in [-0.15, -0.1) is 0 Å². The predicted octanol–water partition coefficient (Wildman–Crippen LogP) is 2.29. The van der Waals surface area contributed by atoms with Crippen molar-refractivity contribution >= 4 is 22.3 Å². The lowest BCUT2D eigenvalue weighted by Crippen LogP contribution is -1.93. The second-order valence-electron chi connectivity index (χ2n) is 3.37. The molecule has 82 valence electrons. The Bertz CT molecular complexity index is 602. The molecule has 2 aromatic rings. The van der Waals surface area contributed by atoms with Crippen molar-refractivity contribution in [1.82, 2.24) is 4.98 Å². The van der Waals surface area contributed by atoms with Crippen molar-refractivity contribution in [2.45, 2.75) is 6.92 Å². The molecule has 16 heavy (non-hydrogen) atoms. The van der Waals surface area contributed by atoms with Crippen LogP contribution in [0.2, 0.25) is 0 Å². The number of aromatic amines is 1. The Morgan fingerprint density at radius 3 is 2.44 bits per heavy atom. The molecule has 0 atom stereocenters. The summed E-state index contributed by atoms with van der Waals surface area (Å²) in [7, 11) is 0. The molecular weight excluding hydrogens is 214 g/mol. The first kappa shape index (κ1) is 10.1. The molecule has 0 bridgehead atoms. The standard InChI is InChI=1S/C9H7N3O4/c1-5-4-10-7-2-6(11(13)14)3-8(9(5)7)12(15)16/h2-4,10H,1H3. The number of fused-ring (bicyclic) bond motifs is 1. The Kier molecular flexibility index (Phi) is 2.08. The third-order valence-electron chi connectivity index (χ3n) is 2.35. The molecule has 0 radical (unpaired) electrons. The number of aromatic nitrogens is 1. The molecule has 0 spiro atoms. The maximum absolute atomic E-state index is 10.8. The summed E-state index contributed by atoms with van der Waals surface area (Å²) in [5, 5.41) is 21.8. The Morgan fingerprint density at radius 1 is 1.19 bits per heavy atom. The molecule has 0 aliphatic heterocycles. The number of hydrogen-bond acceptors (Lipinski definition) is 4. The van der Waals surface area contributed by atoms with Crippen LogP contribution < -0.4 is 0 Å². The number of rotatable bonds is 2. The van der Waals surface area contributed by atoms with Gasteiger partial charge in [-0.1, -0.05) is 0 Å². The highest BCUT2D eigenvalue weighted by molar-refractivity contribution is 5.93. The molecule has 0 saturated heterocycles. The van der Waals surface area contributed by atoms with Gasteiger partial charge in [0.2, 0.25) is 0 Å². The zero-order valence-electron chi connectivity index (χ0n) is 8.26. The summed E-state index contributed by atoms with van der Waals surface area (Å²) in [5.41, 5.74) is 0.555. The summed E-state index contributed by atoms with van der Waals surface area (Å²) < 4.78 is 0. The van der Waals surface area contributed by atoms with Crippen LogP contribution in [0.4, 0.5) is 11.4 Å². The van der Waals surface area contributed by atoms with E-state index < -0.39 is 9.85 Å². The van der Waals surface area contributed by atoms with Gasteiger partial charge in [-0.05, 0) is 12.5 Å². The minimum Gasteiger partial charge on any atom is -0.360 e. The summed E-state index contributed by atoms with van der Waals surface area (Å²) in [6, 6.07) is 2.26. The third-order valence-corrected chi connectivity index (χ3v) is 2.35. The zero-order valence-corrected chi connectivity index (χ0v) is 8.26. The van der Waals surface area contributed by atoms with Crippen molar-refractivity contribution in [3.05, 3.63) is 44.1 Å². The van der Waals surface area contributed by atoms with Gasteiger partial charge in [-0.3, -0.25) is 20.2 Å². The summed E-state index contributed by atoms with van der Waals surface area (Å²) >= 11 is 0. The van der Waals surface area contributed by atoms with Crippen molar-refractivity contribution < 1.29 is 9.85 Å². The van der Waals surface area contributed by atoms with Gasteiger partial charge >= 0.3 is 0 Å². The average Bonchev–Trinajstić information content (AvgIpc) is 2.59. The second kappa shape index (κ2) is 3.30. The molecule has 2 rings (SSSR count). The SMILES string of the molecule is Cc1c[nH]c2cc([N+](=O)[O-])cc([N+](=O)[O-])c12. The van der Waals surface area contributed by atoms with E-state index in [9.17, 15) is 20.2 Å². The molecule has 0 aliphatic rings. The maximum Gasteiger partial charge on any atom is 0.285 e. The van der Waals surface area contributed by atoms with Gasteiger partial charge in [0, 0.05) is 12.3 Å². The number of nitro groups is 2. The molecule has 0 saturated carbocycles. The monoisotopic (exact) mass is 221 g/mol. The number of nitrogens with one attached hydrogen (secondary N) is 1. The molecular formula is C9H7N3O4. The fourth-order valence-electron chi connectivity index (χ4n) is 1.65. The highest BCUT2D eigenvalue weighted by Gasteiger charge is 2.21. The highest BCUT2D eigenvalue weighted by atomic mass is 16.6. The van der Waals surface area contributed by atoms with Crippen LogP contribution in [0.25, 0.3) is 10.9 Å². The number of non-ortho nitro benzene ring substituents is 2. The number of hydrogen-bond donors (Lipinski definition) is 1. The van der Waals surface area contributed by atoms with E-state index in [1.54, 1.807) is 13.1 Å². The van der Waals surface area contributed by atoms with Crippen molar-refractivity contribution in [1.29, 1.82) is 0 Å². The van der Waals surface area contributed by atoms with Crippen molar-refractivity contribution in [2.75, 3.05) is 0 Å². The van der Waals surface area contributed by atoms with E-state index in [4.69, 9.17) is 0 Å². The smallest absolute Gasteiger partial charge is 0.285 e. The third kappa shape index (κ3) is 1.38. The first-order valence-corrected chi connectivity index (χ1v) is 4.41. The first-order chi connectivity index (χ1) is 7.50. The molecule has 7 heteroatoms. The Morgan fingerprint density at radius 2 is 1.88 bits per heavy atom. The average molecular weight is 221 g/mol. The second-order valence-corrected chi connectivity index (χ2v) is 3.37. The quantitative estimate of drug-likeness (QED) is 0.620. The summed E-state index contributed by atoms with van der Waals surface area (Å²) in [4.78, 5) is 22.9. The van der Waals surface area contributed by atoms with Crippen LogP contribution in [0.3, 0.4) is 0 Å². The lowest BCUT2D eigenvalue weighted by Gasteiger charge is -1.96. The molecule has 0 unspecified atom stereocenters. The van der Waals surface area contributed by atoms with Crippen LogP contribution in [0.1, 0.15) is 5.56 Å². The van der Waals surface area contributed by atoms with E-state index in [1.807, 2.05) is 0 Å². The lowest BCUT2D eigenvalue weighted by atomic mass is 10.1. The highest BCUT2D eigenvalue weighted by Crippen LogP contribution is 2.32. The number of nitro benzene ring substituents is 2. The van der Waals surface area contributed by atoms with Gasteiger partial charge in [0.1, 0.15) is 0 Å². The molecule has 1 aromatic carbocycles. The van der Waals surface area contributed by atoms with Gasteiger partial charge in [0.15, 0.2) is 0 Å². The van der Waals surface area contributed by atoms with Crippen molar-refractivity contribution in [3.63, 3.8) is 0 Å². The molecule has 1 aromatic heterocycles. The molecule has 0 amide bonds. The number of benzene rings is 1. The molecule has 0 aliphatic carbocycles. The summed E-state index contributed by atoms with van der Waals surface area (Å²) in [6.45, 7) is 1.71. The van der Waals surface area contributed by atoms with Crippen LogP contribution >= 0.6 is 0 Å². The molecule has 1 heterocycles. The number of nitrogens with zero attached hydrogens (tertiary/aromatic N) is 2. The van der Waals surface area contributed by atoms with Gasteiger partial charge in [-0.2, -0.15) is 0 Å². The number of aryl methyl sites for hydroxylation is 1. The van der Waals surface area contributed by atoms with Crippen LogP contribution in [0.15, 0.2) is 18.3 Å². The van der Waals surface area contributed by atoms with Crippen LogP contribution in [-0.2, 0) is 0 Å². The zero-order chi connectivity index (χ0) is 11.9. The topological polar surface area (TPSA) is 102 Å². The Hall–Kier alpha value is -2.44. The van der Waals surface area contributed by atoms with Crippen molar-refractivity contribution in [2.24, 2.45) is 0 Å². The minimum absolute atomic E-state index is 0.247. The van der Waals surface area contributed by atoms with E-state index in [1.165, 1.54) is 6.07 Å². The fourth-order valence-corrected chi connectivity index (χ4v) is 1.65. The number of H-pyrrole nitrogens is 1. The lowest BCUT2D eigenvalue weighted by molar-refractivity contribution is -0.393. The molecule has 1 N–H and O–H groups in total. The van der Waals surface area contributed by atoms with Gasteiger partial charge < -0.3 is 4.98 Å². The van der Waals surface area contributed by atoms with E-state index >= 15 is 0 Å². The van der Waals surface area contributed by atoms with Crippen LogP contribution in [0, 0.1) is 27.2 Å². The van der Waals surface area contributed by atoms with Crippen LogP contribution in [0.5, 0.6) is 0 Å². The maximum atomic E-state index is 10.8. The Balaban J connectivity index is 2.86. The van der Waals surface area contributed by atoms with Gasteiger partial charge in [0.05, 0.1) is 26.8 Å². The van der Waals surface area contributed by atoms with Gasteiger partial charge in [0.25, 0.3) is 11.4 Å². The van der Waals surface area contributed by atoms with E-state index in [2.05, 4.69) is 4.98 Å². The first-order valence-electron chi connectivity index (χ1n) is 4.41. The van der Waals surface area contributed by atoms with Gasteiger partial charge in [-0.25, -0.2) is 0 Å². The summed E-state index contributed by atoms with van der Waals surface area (Å²) in [5.74, 6) is 0. The predicted molar refractivity (Wildman–Crippen MR) is 56.3 cm³/mol. The van der Waals surface area contributed by atoms with E-state index in [0.29, 0.717) is 16.5 Å². The Labute approximate surface area is 89.0 Å². The van der Waals surface area contributed by atoms with Crippen LogP contribution in [-0.4, -0.2) is 14.8 Å². The van der Waals surface area contributed by atoms with E-state index in [-0.39, 0.29) is 11.4 Å². The molecule has 0 fully saturated rings. The minimum atomic E-state index is -0.650. The largest absolute Gasteiger partial charge is 0.360 e. The van der Waals surface area contributed by atoms with E-state index in [0.717, 1.165) is 6.07 Å².